The van der Waals surface area contributed by atoms with Crippen LogP contribution in [0.25, 0.3) is 0 Å². The molecule has 1 heterocycles. The molecule has 15 heavy (non-hydrogen) atoms. The molecule has 0 spiro atoms. The minimum absolute atomic E-state index is 0.387. The largest absolute Gasteiger partial charge is 0.390 e. The van der Waals surface area contributed by atoms with E-state index in [-0.39, 0.29) is 5.60 Å². The highest BCUT2D eigenvalue weighted by molar-refractivity contribution is 7.07. The van der Waals surface area contributed by atoms with Crippen LogP contribution < -0.4 is 0 Å². The summed E-state index contributed by atoms with van der Waals surface area (Å²) in [4.78, 5) is 0. The van der Waals surface area contributed by atoms with Gasteiger partial charge in [-0.2, -0.15) is 11.3 Å². The van der Waals surface area contributed by atoms with Gasteiger partial charge in [0.05, 0.1) is 11.7 Å². The summed E-state index contributed by atoms with van der Waals surface area (Å²) in [6.45, 7) is 4.12. The Kier molecular flexibility index (Phi) is 4.77. The minimum atomic E-state index is -0.424. The summed E-state index contributed by atoms with van der Waals surface area (Å²) in [5.74, 6) is 0. The highest BCUT2D eigenvalue weighted by Gasteiger charge is 2.34. The van der Waals surface area contributed by atoms with E-state index < -0.39 is 6.10 Å². The molecule has 1 rings (SSSR count). The summed E-state index contributed by atoms with van der Waals surface area (Å²) in [6, 6.07) is 2.06. The Labute approximate surface area is 95.9 Å². The summed E-state index contributed by atoms with van der Waals surface area (Å²) in [5, 5.41) is 14.3. The second-order valence-corrected chi connectivity index (χ2v) is 4.61. The first-order chi connectivity index (χ1) is 7.18. The highest BCUT2D eigenvalue weighted by atomic mass is 32.1. The number of aliphatic hydroxyl groups is 1. The first-order valence-corrected chi connectivity index (χ1v) is 6.37. The van der Waals surface area contributed by atoms with Gasteiger partial charge in [0.25, 0.3) is 0 Å². The van der Waals surface area contributed by atoms with Crippen LogP contribution in [-0.4, -0.2) is 23.9 Å². The maximum absolute atomic E-state index is 10.2. The lowest BCUT2D eigenvalue weighted by molar-refractivity contribution is -0.106. The van der Waals surface area contributed by atoms with Crippen molar-refractivity contribution in [2.45, 2.75) is 44.8 Å². The summed E-state index contributed by atoms with van der Waals surface area (Å²) >= 11 is 1.66. The van der Waals surface area contributed by atoms with Crippen molar-refractivity contribution in [3.05, 3.63) is 22.4 Å². The third kappa shape index (κ3) is 2.80. The smallest absolute Gasteiger partial charge is 0.0934 e. The summed E-state index contributed by atoms with van der Waals surface area (Å²) in [6.07, 6.45) is 1.93. The number of aliphatic hydroxyl groups excluding tert-OH is 1. The van der Waals surface area contributed by atoms with Gasteiger partial charge in [-0.05, 0) is 35.2 Å². The van der Waals surface area contributed by atoms with Gasteiger partial charge in [0.15, 0.2) is 0 Å². The van der Waals surface area contributed by atoms with Gasteiger partial charge < -0.3 is 9.84 Å². The fraction of sp³-hybridized carbons (Fsp3) is 0.667. The van der Waals surface area contributed by atoms with Gasteiger partial charge in [0.2, 0.25) is 0 Å². The Hall–Kier alpha value is -0.380. The van der Waals surface area contributed by atoms with Crippen molar-refractivity contribution < 1.29 is 9.84 Å². The van der Waals surface area contributed by atoms with Gasteiger partial charge in [0.1, 0.15) is 0 Å². The fourth-order valence-corrected chi connectivity index (χ4v) is 2.65. The van der Waals surface area contributed by atoms with Crippen LogP contribution in [-0.2, 0) is 11.2 Å². The molecule has 0 amide bonds. The predicted octanol–water partition coefficient (Wildman–Crippen LogP) is 2.86. The number of rotatable bonds is 6. The molecule has 1 N–H and O–H groups in total. The molecule has 0 aromatic carbocycles. The second kappa shape index (κ2) is 5.64. The molecular weight excluding hydrogens is 208 g/mol. The zero-order valence-corrected chi connectivity index (χ0v) is 10.5. The first-order valence-electron chi connectivity index (χ1n) is 5.42. The predicted molar refractivity (Wildman–Crippen MR) is 64.4 cm³/mol. The molecule has 1 aromatic heterocycles. The van der Waals surface area contributed by atoms with Crippen LogP contribution in [0.3, 0.4) is 0 Å². The van der Waals surface area contributed by atoms with Gasteiger partial charge in [-0.3, -0.25) is 0 Å². The average Bonchev–Trinajstić information content (AvgIpc) is 2.74. The lowest BCUT2D eigenvalue weighted by Crippen LogP contribution is -2.44. The molecule has 0 saturated carbocycles. The minimum Gasteiger partial charge on any atom is -0.390 e. The van der Waals surface area contributed by atoms with Crippen LogP contribution in [0, 0.1) is 0 Å². The van der Waals surface area contributed by atoms with Gasteiger partial charge in [-0.25, -0.2) is 0 Å². The van der Waals surface area contributed by atoms with E-state index in [1.165, 1.54) is 5.56 Å². The van der Waals surface area contributed by atoms with Crippen molar-refractivity contribution in [1.82, 2.24) is 0 Å². The number of methoxy groups -OCH3 is 1. The molecular formula is C12H20O2S. The quantitative estimate of drug-likeness (QED) is 0.811. The molecule has 0 aliphatic rings. The normalized spacial score (nSPS) is 14.1. The van der Waals surface area contributed by atoms with Crippen molar-refractivity contribution in [3.8, 4) is 0 Å². The molecule has 0 radical (unpaired) electrons. The van der Waals surface area contributed by atoms with Crippen LogP contribution in [0.5, 0.6) is 0 Å². The summed E-state index contributed by atoms with van der Waals surface area (Å²) < 4.78 is 5.50. The molecule has 0 aliphatic carbocycles. The first kappa shape index (κ1) is 12.7. The van der Waals surface area contributed by atoms with Crippen molar-refractivity contribution in [1.29, 1.82) is 0 Å². The van der Waals surface area contributed by atoms with Crippen molar-refractivity contribution in [2.75, 3.05) is 7.11 Å². The molecule has 1 atom stereocenters. The Bertz CT molecular complexity index is 257. The van der Waals surface area contributed by atoms with E-state index in [2.05, 4.69) is 25.3 Å². The van der Waals surface area contributed by atoms with Crippen molar-refractivity contribution in [2.24, 2.45) is 0 Å². The third-order valence-electron chi connectivity index (χ3n) is 3.22. The molecule has 1 aromatic rings. The molecule has 2 nitrogen and oxygen atoms in total. The van der Waals surface area contributed by atoms with E-state index in [9.17, 15) is 5.11 Å². The summed E-state index contributed by atoms with van der Waals surface area (Å²) in [7, 11) is 1.68. The Balaban J connectivity index is 2.68. The molecule has 0 aliphatic heterocycles. The lowest BCUT2D eigenvalue weighted by Gasteiger charge is -2.35. The molecule has 0 bridgehead atoms. The van der Waals surface area contributed by atoms with Crippen molar-refractivity contribution >= 4 is 11.3 Å². The number of hydrogen-bond acceptors (Lipinski definition) is 3. The Morgan fingerprint density at radius 2 is 2.13 bits per heavy atom. The van der Waals surface area contributed by atoms with E-state index in [1.54, 1.807) is 18.4 Å². The van der Waals surface area contributed by atoms with Crippen LogP contribution in [0.15, 0.2) is 16.8 Å². The lowest BCUT2D eigenvalue weighted by atomic mass is 9.87. The molecule has 0 saturated heterocycles. The van der Waals surface area contributed by atoms with E-state index in [0.717, 1.165) is 12.8 Å². The van der Waals surface area contributed by atoms with Crippen LogP contribution in [0.1, 0.15) is 32.3 Å². The zero-order valence-electron chi connectivity index (χ0n) is 9.69. The average molecular weight is 228 g/mol. The fourth-order valence-electron chi connectivity index (χ4n) is 1.96. The zero-order chi connectivity index (χ0) is 11.3. The van der Waals surface area contributed by atoms with E-state index in [1.807, 2.05) is 5.38 Å². The topological polar surface area (TPSA) is 29.5 Å². The molecule has 3 heteroatoms. The van der Waals surface area contributed by atoms with Crippen LogP contribution >= 0.6 is 11.3 Å². The number of hydrogen-bond donors (Lipinski definition) is 1. The monoisotopic (exact) mass is 228 g/mol. The molecule has 0 fully saturated rings. The van der Waals surface area contributed by atoms with Gasteiger partial charge in [-0.15, -0.1) is 0 Å². The molecule has 1 unspecified atom stereocenters. The van der Waals surface area contributed by atoms with E-state index in [0.29, 0.717) is 6.42 Å². The SMILES string of the molecule is CCC(CC)(OC)C(O)Cc1ccsc1. The van der Waals surface area contributed by atoms with Crippen molar-refractivity contribution in [3.63, 3.8) is 0 Å². The van der Waals surface area contributed by atoms with E-state index >= 15 is 0 Å². The maximum atomic E-state index is 10.2. The Morgan fingerprint density at radius 3 is 2.53 bits per heavy atom. The standard InChI is InChI=1S/C12H20O2S/c1-4-12(5-2,14-3)11(13)8-10-6-7-15-9-10/h6-7,9,11,13H,4-5,8H2,1-3H3. The molecule has 86 valence electrons. The maximum Gasteiger partial charge on any atom is 0.0934 e. The number of thiophene rings is 1. The Morgan fingerprint density at radius 1 is 1.47 bits per heavy atom. The second-order valence-electron chi connectivity index (χ2n) is 3.83. The van der Waals surface area contributed by atoms with E-state index in [4.69, 9.17) is 4.74 Å². The van der Waals surface area contributed by atoms with Gasteiger partial charge >= 0.3 is 0 Å². The van der Waals surface area contributed by atoms with Gasteiger partial charge in [-0.1, -0.05) is 13.8 Å². The third-order valence-corrected chi connectivity index (χ3v) is 3.95. The van der Waals surface area contributed by atoms with Crippen LogP contribution in [0.4, 0.5) is 0 Å². The highest BCUT2D eigenvalue weighted by Crippen LogP contribution is 2.26. The number of ether oxygens (including phenoxy) is 1. The van der Waals surface area contributed by atoms with Crippen LogP contribution in [0.2, 0.25) is 0 Å². The van der Waals surface area contributed by atoms with Gasteiger partial charge in [0, 0.05) is 13.5 Å². The summed E-state index contributed by atoms with van der Waals surface area (Å²) in [5.41, 5.74) is 0.804.